The predicted octanol–water partition coefficient (Wildman–Crippen LogP) is 8.63. The van der Waals surface area contributed by atoms with Crippen LogP contribution in [0.25, 0.3) is 16.8 Å². The summed E-state index contributed by atoms with van der Waals surface area (Å²) in [5.74, 6) is 1.17. The summed E-state index contributed by atoms with van der Waals surface area (Å²) < 4.78 is 12.2. The summed E-state index contributed by atoms with van der Waals surface area (Å²) in [6.07, 6.45) is 1.88. The van der Waals surface area contributed by atoms with Crippen LogP contribution in [0.4, 0.5) is 11.4 Å². The van der Waals surface area contributed by atoms with Crippen LogP contribution in [0.1, 0.15) is 18.1 Å². The van der Waals surface area contributed by atoms with Crippen molar-refractivity contribution in [2.24, 2.45) is 4.99 Å². The number of benzene rings is 5. The zero-order valence-corrected chi connectivity index (χ0v) is 23.4. The molecule has 1 amide bonds. The predicted molar refractivity (Wildman–Crippen MR) is 169 cm³/mol. The summed E-state index contributed by atoms with van der Waals surface area (Å²) in [6.45, 7) is 2.86. The lowest BCUT2D eigenvalue weighted by Crippen LogP contribution is -2.28. The molecule has 0 spiro atoms. The van der Waals surface area contributed by atoms with E-state index in [2.05, 4.69) is 24.3 Å². The maximum atomic E-state index is 13.7. The lowest BCUT2D eigenvalue weighted by atomic mass is 10.1. The molecule has 0 aromatic heterocycles. The largest absolute Gasteiger partial charge is 0.490 e. The Kier molecular flexibility index (Phi) is 7.83. The summed E-state index contributed by atoms with van der Waals surface area (Å²) in [4.78, 5) is 20.7. The molecule has 0 N–H and O–H groups in total. The van der Waals surface area contributed by atoms with Gasteiger partial charge in [-0.2, -0.15) is 0 Å². The van der Waals surface area contributed by atoms with Crippen molar-refractivity contribution in [2.45, 2.75) is 13.5 Å². The number of para-hydroxylation sites is 2. The van der Waals surface area contributed by atoms with E-state index in [1.54, 1.807) is 4.90 Å². The Hall–Kier alpha value is -4.81. The van der Waals surface area contributed by atoms with Gasteiger partial charge in [0.05, 0.1) is 22.9 Å². The summed E-state index contributed by atoms with van der Waals surface area (Å²) in [7, 11) is 0. The molecular weight excluding hydrogens is 528 g/mol. The average molecular weight is 557 g/mol. The van der Waals surface area contributed by atoms with E-state index in [1.165, 1.54) is 22.5 Å². The molecule has 5 aromatic rings. The lowest BCUT2D eigenvalue weighted by Gasteiger charge is -2.15. The molecule has 5 aromatic carbocycles. The van der Waals surface area contributed by atoms with Crippen molar-refractivity contribution in [1.82, 2.24) is 0 Å². The van der Waals surface area contributed by atoms with Crippen LogP contribution in [0, 0.1) is 0 Å². The number of ether oxygens (including phenoxy) is 2. The van der Waals surface area contributed by atoms with Crippen LogP contribution in [0.5, 0.6) is 11.5 Å². The normalized spacial score (nSPS) is 15.1. The molecule has 1 saturated heterocycles. The summed E-state index contributed by atoms with van der Waals surface area (Å²) >= 11 is 1.36. The van der Waals surface area contributed by atoms with Gasteiger partial charge in [-0.1, -0.05) is 84.9 Å². The van der Waals surface area contributed by atoms with Gasteiger partial charge in [0, 0.05) is 0 Å². The first-order valence-corrected chi connectivity index (χ1v) is 14.3. The van der Waals surface area contributed by atoms with Crippen LogP contribution < -0.4 is 14.4 Å². The third kappa shape index (κ3) is 5.88. The van der Waals surface area contributed by atoms with Gasteiger partial charge in [-0.15, -0.1) is 0 Å². The fraction of sp³-hybridized carbons (Fsp3) is 0.0857. The second-order valence-electron chi connectivity index (χ2n) is 9.38. The van der Waals surface area contributed by atoms with E-state index in [-0.39, 0.29) is 5.91 Å². The number of carbonyl (C=O) groups excluding carboxylic acids is 1. The Balaban J connectivity index is 1.29. The standard InChI is InChI=1S/C35H28N2O3S/c1-2-39-32-22-25(20-21-31(32)40-24-27-14-11-13-26-12-9-10-19-30(26)27)23-33-34(38)37(29-17-7-4-8-18-29)35(41-33)36-28-15-5-3-6-16-28/h3-23H,2,24H2,1H3/b33-23+,36-35?. The highest BCUT2D eigenvalue weighted by Gasteiger charge is 2.34. The number of amidine groups is 1. The molecule has 41 heavy (non-hydrogen) atoms. The van der Waals surface area contributed by atoms with Crippen LogP contribution in [-0.4, -0.2) is 17.7 Å². The van der Waals surface area contributed by atoms with Crippen molar-refractivity contribution in [3.05, 3.63) is 137 Å². The number of aliphatic imine (C=N–C) groups is 1. The SMILES string of the molecule is CCOc1cc(/C=C2/SC(=Nc3ccccc3)N(c3ccccc3)C2=O)ccc1OCc1cccc2ccccc12. The molecule has 0 atom stereocenters. The van der Waals surface area contributed by atoms with Gasteiger partial charge in [-0.05, 0) is 83.1 Å². The maximum absolute atomic E-state index is 13.7. The molecule has 0 aliphatic carbocycles. The van der Waals surface area contributed by atoms with E-state index in [0.29, 0.717) is 34.8 Å². The number of hydrogen-bond donors (Lipinski definition) is 0. The Morgan fingerprint density at radius 2 is 1.51 bits per heavy atom. The summed E-state index contributed by atoms with van der Waals surface area (Å²) in [5, 5.41) is 2.96. The van der Waals surface area contributed by atoms with Crippen LogP contribution in [-0.2, 0) is 11.4 Å². The van der Waals surface area contributed by atoms with Crippen molar-refractivity contribution in [3.8, 4) is 11.5 Å². The minimum atomic E-state index is -0.120. The van der Waals surface area contributed by atoms with E-state index in [0.717, 1.165) is 22.5 Å². The second kappa shape index (κ2) is 12.1. The first-order valence-electron chi connectivity index (χ1n) is 13.5. The number of carbonyl (C=O) groups is 1. The summed E-state index contributed by atoms with van der Waals surface area (Å²) in [6, 6.07) is 39.5. The third-order valence-electron chi connectivity index (χ3n) is 6.63. The number of rotatable bonds is 8. The minimum Gasteiger partial charge on any atom is -0.490 e. The fourth-order valence-electron chi connectivity index (χ4n) is 4.69. The maximum Gasteiger partial charge on any atom is 0.271 e. The highest BCUT2D eigenvalue weighted by molar-refractivity contribution is 8.19. The number of amides is 1. The molecule has 1 aliphatic rings. The Labute approximate surface area is 243 Å². The molecule has 1 aliphatic heterocycles. The monoisotopic (exact) mass is 556 g/mol. The van der Waals surface area contributed by atoms with Gasteiger partial charge in [-0.3, -0.25) is 9.69 Å². The molecule has 202 valence electrons. The molecule has 0 radical (unpaired) electrons. The van der Waals surface area contributed by atoms with Crippen molar-refractivity contribution in [3.63, 3.8) is 0 Å². The molecule has 5 nitrogen and oxygen atoms in total. The fourth-order valence-corrected chi connectivity index (χ4v) is 5.69. The molecule has 0 unspecified atom stereocenters. The van der Waals surface area contributed by atoms with Crippen LogP contribution in [0.15, 0.2) is 131 Å². The topological polar surface area (TPSA) is 51.1 Å². The Bertz CT molecular complexity index is 1740. The van der Waals surface area contributed by atoms with Crippen molar-refractivity contribution >= 4 is 51.1 Å². The summed E-state index contributed by atoms with van der Waals surface area (Å²) in [5.41, 5.74) is 3.51. The van der Waals surface area contributed by atoms with Crippen molar-refractivity contribution in [2.75, 3.05) is 11.5 Å². The third-order valence-corrected chi connectivity index (χ3v) is 7.60. The van der Waals surface area contributed by atoms with Crippen LogP contribution >= 0.6 is 11.8 Å². The highest BCUT2D eigenvalue weighted by Crippen LogP contribution is 2.38. The zero-order chi connectivity index (χ0) is 28.0. The van der Waals surface area contributed by atoms with E-state index >= 15 is 0 Å². The van der Waals surface area contributed by atoms with E-state index in [4.69, 9.17) is 14.5 Å². The molecule has 6 heteroatoms. The van der Waals surface area contributed by atoms with Gasteiger partial charge in [-0.25, -0.2) is 4.99 Å². The first-order chi connectivity index (χ1) is 20.2. The molecule has 1 fully saturated rings. The Morgan fingerprint density at radius 3 is 2.32 bits per heavy atom. The van der Waals surface area contributed by atoms with Gasteiger partial charge in [0.15, 0.2) is 16.7 Å². The van der Waals surface area contributed by atoms with E-state index < -0.39 is 0 Å². The van der Waals surface area contributed by atoms with Crippen LogP contribution in [0.3, 0.4) is 0 Å². The number of thioether (sulfide) groups is 1. The van der Waals surface area contributed by atoms with Gasteiger partial charge in [0.25, 0.3) is 5.91 Å². The molecule has 1 heterocycles. The molecular formula is C35H28N2O3S. The lowest BCUT2D eigenvalue weighted by molar-refractivity contribution is -0.113. The number of fused-ring (bicyclic) bond motifs is 1. The quantitative estimate of drug-likeness (QED) is 0.180. The van der Waals surface area contributed by atoms with Gasteiger partial charge < -0.3 is 9.47 Å². The molecule has 6 rings (SSSR count). The molecule has 0 bridgehead atoms. The van der Waals surface area contributed by atoms with E-state index in [9.17, 15) is 4.79 Å². The molecule has 0 saturated carbocycles. The van der Waals surface area contributed by atoms with Crippen molar-refractivity contribution in [1.29, 1.82) is 0 Å². The average Bonchev–Trinajstić information content (AvgIpc) is 3.31. The zero-order valence-electron chi connectivity index (χ0n) is 22.6. The van der Waals surface area contributed by atoms with E-state index in [1.807, 2.05) is 110 Å². The second-order valence-corrected chi connectivity index (χ2v) is 10.4. The minimum absolute atomic E-state index is 0.120. The Morgan fingerprint density at radius 1 is 0.780 bits per heavy atom. The van der Waals surface area contributed by atoms with Gasteiger partial charge in [0.2, 0.25) is 0 Å². The first kappa shape index (κ1) is 26.4. The highest BCUT2D eigenvalue weighted by atomic mass is 32.2. The van der Waals surface area contributed by atoms with Gasteiger partial charge in [0.1, 0.15) is 6.61 Å². The number of hydrogen-bond acceptors (Lipinski definition) is 5. The number of nitrogens with zero attached hydrogens (tertiary/aromatic N) is 2. The van der Waals surface area contributed by atoms with Crippen LogP contribution in [0.2, 0.25) is 0 Å². The van der Waals surface area contributed by atoms with Crippen molar-refractivity contribution < 1.29 is 14.3 Å². The smallest absolute Gasteiger partial charge is 0.271 e. The van der Waals surface area contributed by atoms with Gasteiger partial charge >= 0.3 is 0 Å². The number of anilines is 1.